The maximum Gasteiger partial charge on any atom is 0.416 e. The van der Waals surface area contributed by atoms with Crippen LogP contribution in [0.4, 0.5) is 30.5 Å². The molecule has 3 aromatic heterocycles. The Morgan fingerprint density at radius 1 is 0.981 bits per heavy atom. The fourth-order valence-electron chi connectivity index (χ4n) is 6.96. The second-order valence-electron chi connectivity index (χ2n) is 13.4. The molecule has 2 aliphatic rings. The number of aromatic nitrogens is 6. The van der Waals surface area contributed by atoms with Crippen LogP contribution < -0.4 is 25.4 Å². The van der Waals surface area contributed by atoms with Gasteiger partial charge >= 0.3 is 6.18 Å². The molecule has 0 atom stereocenters. The molecule has 1 fully saturated rings. The van der Waals surface area contributed by atoms with Gasteiger partial charge in [-0.2, -0.15) is 22.7 Å². The van der Waals surface area contributed by atoms with Crippen LogP contribution in [0.2, 0.25) is 0 Å². The van der Waals surface area contributed by atoms with Crippen molar-refractivity contribution in [1.29, 1.82) is 0 Å². The van der Waals surface area contributed by atoms with E-state index in [1.54, 1.807) is 35.4 Å². The molecular formula is C37H39F3N10O4. The molecule has 17 heteroatoms. The van der Waals surface area contributed by atoms with Crippen LogP contribution in [0, 0.1) is 6.92 Å². The third-order valence-corrected chi connectivity index (χ3v) is 9.78. The van der Waals surface area contributed by atoms with Gasteiger partial charge in [-0.05, 0) is 55.0 Å². The molecule has 4 heterocycles. The number of rotatable bonds is 10. The highest BCUT2D eigenvalue weighted by Gasteiger charge is 2.37. The van der Waals surface area contributed by atoms with E-state index in [1.807, 2.05) is 42.2 Å². The van der Waals surface area contributed by atoms with Gasteiger partial charge < -0.3 is 29.3 Å². The van der Waals surface area contributed by atoms with Gasteiger partial charge in [0.2, 0.25) is 17.6 Å². The maximum atomic E-state index is 14.2. The predicted octanol–water partition coefficient (Wildman–Crippen LogP) is 3.92. The zero-order chi connectivity index (χ0) is 38.3. The molecule has 0 unspecified atom stereocenters. The first-order valence-electron chi connectivity index (χ1n) is 17.6. The van der Waals surface area contributed by atoms with E-state index in [4.69, 9.17) is 4.74 Å². The van der Waals surface area contributed by atoms with Crippen LogP contribution in [0.1, 0.15) is 51.1 Å². The molecule has 282 valence electrons. The van der Waals surface area contributed by atoms with Gasteiger partial charge in [0.25, 0.3) is 11.5 Å². The van der Waals surface area contributed by atoms with E-state index in [-0.39, 0.29) is 61.6 Å². The molecule has 2 aromatic carbocycles. The van der Waals surface area contributed by atoms with Crippen molar-refractivity contribution >= 4 is 34.9 Å². The van der Waals surface area contributed by atoms with Crippen molar-refractivity contribution in [1.82, 2.24) is 34.0 Å². The number of fused-ring (bicyclic) bond motifs is 2. The van der Waals surface area contributed by atoms with Crippen molar-refractivity contribution in [2.24, 2.45) is 0 Å². The second-order valence-corrected chi connectivity index (χ2v) is 13.4. The number of anilines is 3. The predicted molar refractivity (Wildman–Crippen MR) is 194 cm³/mol. The Morgan fingerprint density at radius 2 is 1.70 bits per heavy atom. The van der Waals surface area contributed by atoms with E-state index in [2.05, 4.69) is 25.4 Å². The van der Waals surface area contributed by atoms with Gasteiger partial charge in [0.15, 0.2) is 11.4 Å². The van der Waals surface area contributed by atoms with Gasteiger partial charge in [-0.15, -0.1) is 5.10 Å². The number of hydrogen-bond acceptors (Lipinski definition) is 10. The Bertz CT molecular complexity index is 2300. The molecule has 7 rings (SSSR count). The number of halogens is 3. The fraction of sp³-hybridized carbons (Fsp3) is 0.378. The van der Waals surface area contributed by atoms with Crippen LogP contribution in [-0.4, -0.2) is 86.1 Å². The van der Waals surface area contributed by atoms with Crippen molar-refractivity contribution in [2.75, 3.05) is 55.4 Å². The van der Waals surface area contributed by atoms with Crippen LogP contribution in [0.15, 0.2) is 53.6 Å². The fourth-order valence-corrected chi connectivity index (χ4v) is 6.96. The van der Waals surface area contributed by atoms with Crippen molar-refractivity contribution in [3.8, 4) is 5.75 Å². The van der Waals surface area contributed by atoms with E-state index >= 15 is 0 Å². The van der Waals surface area contributed by atoms with Gasteiger partial charge in [0, 0.05) is 46.0 Å². The topological polar surface area (TPSA) is 143 Å². The Labute approximate surface area is 308 Å². The van der Waals surface area contributed by atoms with E-state index in [0.29, 0.717) is 60.0 Å². The highest BCUT2D eigenvalue weighted by Crippen LogP contribution is 2.41. The number of aryl methyl sites for hydroxylation is 1. The number of alkyl halides is 3. The third kappa shape index (κ3) is 6.80. The molecule has 14 nitrogen and oxygen atoms in total. The Kier molecular flexibility index (Phi) is 9.72. The lowest BCUT2D eigenvalue weighted by Gasteiger charge is -2.36. The summed E-state index contributed by atoms with van der Waals surface area (Å²) in [5.41, 5.74) is 2.34. The monoisotopic (exact) mass is 744 g/mol. The molecule has 0 saturated carbocycles. The van der Waals surface area contributed by atoms with Crippen LogP contribution in [0.25, 0.3) is 5.78 Å². The number of amides is 2. The zero-order valence-electron chi connectivity index (χ0n) is 30.3. The average molecular weight is 745 g/mol. The van der Waals surface area contributed by atoms with Crippen molar-refractivity contribution in [2.45, 2.75) is 52.4 Å². The molecule has 5 aromatic rings. The lowest BCUT2D eigenvalue weighted by molar-refractivity contribution is -0.138. The quantitative estimate of drug-likeness (QED) is 0.224. The molecule has 1 aliphatic heterocycles. The van der Waals surface area contributed by atoms with Crippen molar-refractivity contribution in [3.63, 3.8) is 0 Å². The summed E-state index contributed by atoms with van der Waals surface area (Å²) in [6.07, 6.45) is -2.10. The number of nitrogens with one attached hydrogen (secondary N) is 1. The van der Waals surface area contributed by atoms with Gasteiger partial charge in [-0.25, -0.2) is 9.97 Å². The first-order chi connectivity index (χ1) is 25.8. The normalized spacial score (nSPS) is 14.1. The zero-order valence-corrected chi connectivity index (χ0v) is 30.3. The van der Waals surface area contributed by atoms with Gasteiger partial charge in [0.1, 0.15) is 25.2 Å². The molecule has 0 spiro atoms. The first kappa shape index (κ1) is 36.4. The number of ether oxygens (including phenoxy) is 1. The van der Waals surface area contributed by atoms with Crippen LogP contribution >= 0.6 is 0 Å². The van der Waals surface area contributed by atoms with E-state index < -0.39 is 23.2 Å². The summed E-state index contributed by atoms with van der Waals surface area (Å²) in [5.74, 6) is -0.108. The van der Waals surface area contributed by atoms with Gasteiger partial charge in [0.05, 0.1) is 17.0 Å². The third-order valence-electron chi connectivity index (χ3n) is 9.78. The Hall–Kier alpha value is -6.00. The number of carbonyl (C=O) groups excluding carboxylic acids is 2. The first-order valence-corrected chi connectivity index (χ1v) is 17.6. The molecule has 2 amide bonds. The molecule has 0 bridgehead atoms. The van der Waals surface area contributed by atoms with Crippen LogP contribution in [0.5, 0.6) is 5.75 Å². The minimum Gasteiger partial charge on any atom is -0.485 e. The summed E-state index contributed by atoms with van der Waals surface area (Å²) < 4.78 is 49.5. The van der Waals surface area contributed by atoms with Gasteiger partial charge in [-0.1, -0.05) is 37.3 Å². The minimum atomic E-state index is -4.48. The number of hydrogen-bond donors (Lipinski definition) is 1. The average Bonchev–Trinajstić information content (AvgIpc) is 3.59. The highest BCUT2D eigenvalue weighted by atomic mass is 19.4. The standard InChI is InChI=1S/C37H39F3N10O4/c1-5-28-31(47-15-17-48(18-16-47)33(52)30-32(22(2)41-21-42-30)54-20-23-9-7-6-8-10-23)34(53)50-36(44-35(45-50)46(3)4)49(28)19-29(51)43-27-14-13-26(37(38,39)40)24-11-12-25(24)27/h6-10,13-14,21H,5,11-12,15-20H2,1-4H3,(H,43,51). The Morgan fingerprint density at radius 3 is 2.35 bits per heavy atom. The summed E-state index contributed by atoms with van der Waals surface area (Å²) >= 11 is 0. The lowest BCUT2D eigenvalue weighted by Crippen LogP contribution is -2.51. The summed E-state index contributed by atoms with van der Waals surface area (Å²) in [5, 5.41) is 7.24. The summed E-state index contributed by atoms with van der Waals surface area (Å²) in [6, 6.07) is 11.8. The summed E-state index contributed by atoms with van der Waals surface area (Å²) in [4.78, 5) is 59.9. The maximum absolute atomic E-state index is 14.2. The van der Waals surface area contributed by atoms with E-state index in [1.165, 1.54) is 16.9 Å². The molecular weight excluding hydrogens is 705 g/mol. The van der Waals surface area contributed by atoms with E-state index in [9.17, 15) is 27.6 Å². The van der Waals surface area contributed by atoms with E-state index in [0.717, 1.165) is 11.6 Å². The molecule has 0 radical (unpaired) electrons. The van der Waals surface area contributed by atoms with Crippen molar-refractivity contribution in [3.05, 3.63) is 98.5 Å². The summed E-state index contributed by atoms with van der Waals surface area (Å²) in [7, 11) is 3.46. The Balaban J connectivity index is 1.15. The molecule has 1 saturated heterocycles. The lowest BCUT2D eigenvalue weighted by atomic mass is 9.83. The summed E-state index contributed by atoms with van der Waals surface area (Å²) in [6.45, 7) is 4.69. The smallest absolute Gasteiger partial charge is 0.416 e. The largest absolute Gasteiger partial charge is 0.485 e. The number of nitrogens with zero attached hydrogens (tertiary/aromatic N) is 9. The number of piperazine rings is 1. The molecule has 1 N–H and O–H groups in total. The molecule has 54 heavy (non-hydrogen) atoms. The number of benzene rings is 2. The van der Waals surface area contributed by atoms with Crippen LogP contribution in [-0.2, 0) is 43.4 Å². The highest BCUT2D eigenvalue weighted by molar-refractivity contribution is 5.95. The molecule has 1 aliphatic carbocycles. The van der Waals surface area contributed by atoms with Crippen molar-refractivity contribution < 1.29 is 27.5 Å². The van der Waals surface area contributed by atoms with Gasteiger partial charge in [-0.3, -0.25) is 14.4 Å². The van der Waals surface area contributed by atoms with Crippen LogP contribution in [0.3, 0.4) is 0 Å². The second kappa shape index (κ2) is 14.4. The SMILES string of the molecule is CCc1c(N2CCN(C(=O)c3ncnc(C)c3OCc3ccccc3)CC2)c(=O)n2nc(N(C)C)nc2n1CC(=O)Nc1ccc(C(F)(F)F)c2c1CC2. The minimum absolute atomic E-state index is 0.149. The number of carbonyl (C=O) groups is 2.